The number of hydrogen-bond donors (Lipinski definition) is 1. The first kappa shape index (κ1) is 23.0. The summed E-state index contributed by atoms with van der Waals surface area (Å²) in [6, 6.07) is 8.97. The van der Waals surface area contributed by atoms with Crippen molar-refractivity contribution in [3.05, 3.63) is 83.3 Å². The number of furan rings is 1. The molecule has 1 saturated heterocycles. The van der Waals surface area contributed by atoms with Gasteiger partial charge < -0.3 is 19.0 Å². The maximum Gasteiger partial charge on any atom is 0.300 e. The van der Waals surface area contributed by atoms with Crippen LogP contribution in [0.15, 0.2) is 64.8 Å². The molecule has 0 saturated carbocycles. The summed E-state index contributed by atoms with van der Waals surface area (Å²) in [6.45, 7) is 4.22. The van der Waals surface area contributed by atoms with Crippen molar-refractivity contribution in [2.45, 2.75) is 19.9 Å². The highest BCUT2D eigenvalue weighted by Crippen LogP contribution is 2.44. The van der Waals surface area contributed by atoms with E-state index in [9.17, 15) is 23.5 Å². The number of Topliss-reactive ketones (excluding diaryl/α,β-unsaturated/α-hetero) is 1. The lowest BCUT2D eigenvalue weighted by molar-refractivity contribution is -0.132. The lowest BCUT2D eigenvalue weighted by Crippen LogP contribution is -2.30. The third-order valence-electron chi connectivity index (χ3n) is 5.25. The van der Waals surface area contributed by atoms with Crippen molar-refractivity contribution in [1.82, 2.24) is 0 Å². The third kappa shape index (κ3) is 4.00. The molecule has 1 unspecified atom stereocenters. The maximum absolute atomic E-state index is 14.7. The van der Waals surface area contributed by atoms with E-state index in [2.05, 4.69) is 0 Å². The Morgan fingerprint density at radius 1 is 1.06 bits per heavy atom. The second kappa shape index (κ2) is 9.38. The summed E-state index contributed by atoms with van der Waals surface area (Å²) in [4.78, 5) is 27.0. The van der Waals surface area contributed by atoms with Crippen LogP contribution in [0.4, 0.5) is 14.5 Å². The van der Waals surface area contributed by atoms with Gasteiger partial charge in [-0.25, -0.2) is 8.78 Å². The molecule has 176 valence electrons. The number of amides is 1. The average Bonchev–Trinajstić information content (AvgIpc) is 3.42. The van der Waals surface area contributed by atoms with Crippen LogP contribution in [0.5, 0.6) is 11.5 Å². The largest absolute Gasteiger partial charge is 0.507 e. The normalized spacial score (nSPS) is 17.3. The van der Waals surface area contributed by atoms with Gasteiger partial charge in [0.15, 0.2) is 0 Å². The van der Waals surface area contributed by atoms with E-state index in [0.29, 0.717) is 18.4 Å². The summed E-state index contributed by atoms with van der Waals surface area (Å²) in [5.74, 6) is -3.76. The number of aliphatic hydroxyl groups excluding tert-OH is 1. The molecule has 0 radical (unpaired) electrons. The number of nitrogens with zero attached hydrogens (tertiary/aromatic N) is 1. The highest BCUT2D eigenvalue weighted by Gasteiger charge is 2.49. The van der Waals surface area contributed by atoms with Crippen molar-refractivity contribution in [2.75, 3.05) is 18.1 Å². The summed E-state index contributed by atoms with van der Waals surface area (Å²) in [5, 5.41) is 11.2. The Morgan fingerprint density at radius 3 is 2.47 bits per heavy atom. The Balaban J connectivity index is 1.92. The molecule has 1 aliphatic rings. The van der Waals surface area contributed by atoms with Gasteiger partial charge in [-0.05, 0) is 50.2 Å². The van der Waals surface area contributed by atoms with Gasteiger partial charge in [0.1, 0.15) is 40.7 Å². The molecule has 3 aromatic rings. The molecule has 4 rings (SSSR count). The van der Waals surface area contributed by atoms with Crippen molar-refractivity contribution in [3.8, 4) is 11.5 Å². The Bertz CT molecular complexity index is 1270. The molecule has 2 heterocycles. The molecule has 1 aliphatic heterocycles. The van der Waals surface area contributed by atoms with Gasteiger partial charge in [0.25, 0.3) is 11.7 Å². The molecule has 2 aromatic carbocycles. The number of carbonyl (C=O) groups excluding carboxylic acids is 2. The molecular weight excluding hydrogens is 448 g/mol. The molecule has 1 N–H and O–H groups in total. The van der Waals surface area contributed by atoms with E-state index in [-0.39, 0.29) is 34.9 Å². The first-order valence-electron chi connectivity index (χ1n) is 10.6. The van der Waals surface area contributed by atoms with Gasteiger partial charge in [0, 0.05) is 12.1 Å². The van der Waals surface area contributed by atoms with Gasteiger partial charge in [0.2, 0.25) is 0 Å². The quantitative estimate of drug-likeness (QED) is 0.298. The monoisotopic (exact) mass is 469 g/mol. The maximum atomic E-state index is 14.7. The van der Waals surface area contributed by atoms with Gasteiger partial charge in [0.05, 0.1) is 36.3 Å². The minimum absolute atomic E-state index is 0.105. The molecule has 0 bridgehead atoms. The fourth-order valence-corrected chi connectivity index (χ4v) is 3.85. The number of carbonyl (C=O) groups is 2. The van der Waals surface area contributed by atoms with Crippen molar-refractivity contribution in [1.29, 1.82) is 0 Å². The first-order chi connectivity index (χ1) is 16.4. The molecule has 0 aliphatic carbocycles. The molecule has 1 aromatic heterocycles. The minimum Gasteiger partial charge on any atom is -0.507 e. The van der Waals surface area contributed by atoms with Crippen molar-refractivity contribution >= 4 is 23.1 Å². The number of rotatable bonds is 7. The smallest absolute Gasteiger partial charge is 0.300 e. The van der Waals surface area contributed by atoms with Gasteiger partial charge in [-0.3, -0.25) is 14.5 Å². The number of hydrogen-bond acceptors (Lipinski definition) is 6. The van der Waals surface area contributed by atoms with Crippen LogP contribution in [0.1, 0.15) is 31.2 Å². The number of ketones is 1. The number of benzene rings is 2. The number of anilines is 1. The zero-order valence-electron chi connectivity index (χ0n) is 18.4. The van der Waals surface area contributed by atoms with E-state index >= 15 is 0 Å². The Hall–Kier alpha value is -4.14. The van der Waals surface area contributed by atoms with Crippen LogP contribution in [0, 0.1) is 11.6 Å². The lowest BCUT2D eigenvalue weighted by Gasteiger charge is -2.24. The second-order valence-electron chi connectivity index (χ2n) is 7.30. The van der Waals surface area contributed by atoms with Crippen molar-refractivity contribution < 1.29 is 37.4 Å². The number of aliphatic hydroxyl groups is 1. The van der Waals surface area contributed by atoms with Gasteiger partial charge in [-0.2, -0.15) is 0 Å². The number of halogens is 2. The highest BCUT2D eigenvalue weighted by atomic mass is 19.1. The fraction of sp³-hybridized carbons (Fsp3) is 0.200. The number of ether oxygens (including phenoxy) is 2. The Morgan fingerprint density at radius 2 is 1.82 bits per heavy atom. The third-order valence-corrected chi connectivity index (χ3v) is 5.25. The summed E-state index contributed by atoms with van der Waals surface area (Å²) in [6.07, 6.45) is 1.32. The van der Waals surface area contributed by atoms with Crippen LogP contribution >= 0.6 is 0 Å². The standard InChI is InChI=1S/C25H21F2NO6/c1-3-32-15-8-9-16(20(13-15)33-4-2)23(29)21-22(19-6-5-11-34-19)28(25(31)24(21)30)18-10-7-14(26)12-17(18)27/h5-13,22,29H,3-4H2,1-2H3/b23-21-. The van der Waals surface area contributed by atoms with E-state index < -0.39 is 35.1 Å². The highest BCUT2D eigenvalue weighted by molar-refractivity contribution is 6.51. The second-order valence-corrected chi connectivity index (χ2v) is 7.30. The van der Waals surface area contributed by atoms with Crippen LogP contribution in [0.2, 0.25) is 0 Å². The van der Waals surface area contributed by atoms with Crippen molar-refractivity contribution in [3.63, 3.8) is 0 Å². The molecule has 1 atom stereocenters. The summed E-state index contributed by atoms with van der Waals surface area (Å²) in [5.41, 5.74) is -0.520. The van der Waals surface area contributed by atoms with Crippen LogP contribution < -0.4 is 14.4 Å². The fourth-order valence-electron chi connectivity index (χ4n) is 3.85. The van der Waals surface area contributed by atoms with Crippen LogP contribution in [0.3, 0.4) is 0 Å². The molecular formula is C25H21F2NO6. The first-order valence-corrected chi connectivity index (χ1v) is 10.6. The van der Waals surface area contributed by atoms with E-state index in [4.69, 9.17) is 13.9 Å². The van der Waals surface area contributed by atoms with Crippen molar-refractivity contribution in [2.24, 2.45) is 0 Å². The lowest BCUT2D eigenvalue weighted by atomic mass is 9.98. The molecule has 9 heteroatoms. The van der Waals surface area contributed by atoms with Gasteiger partial charge in [-0.15, -0.1) is 0 Å². The van der Waals surface area contributed by atoms with E-state index in [1.54, 1.807) is 19.1 Å². The molecule has 34 heavy (non-hydrogen) atoms. The van der Waals surface area contributed by atoms with Crippen LogP contribution in [-0.4, -0.2) is 30.0 Å². The summed E-state index contributed by atoms with van der Waals surface area (Å²) in [7, 11) is 0. The predicted molar refractivity (Wildman–Crippen MR) is 119 cm³/mol. The van der Waals surface area contributed by atoms with E-state index in [1.165, 1.54) is 24.5 Å². The summed E-state index contributed by atoms with van der Waals surface area (Å²) < 4.78 is 44.7. The molecule has 1 amide bonds. The zero-order chi connectivity index (χ0) is 24.4. The van der Waals surface area contributed by atoms with E-state index in [0.717, 1.165) is 17.0 Å². The van der Waals surface area contributed by atoms with Gasteiger partial charge in [-0.1, -0.05) is 0 Å². The van der Waals surface area contributed by atoms with Crippen LogP contribution in [0.25, 0.3) is 5.76 Å². The Kier molecular flexibility index (Phi) is 6.36. The zero-order valence-corrected chi connectivity index (χ0v) is 18.4. The SMILES string of the molecule is CCOc1ccc(/C(O)=C2/C(=O)C(=O)N(c3ccc(F)cc3F)C2c2ccco2)c(OCC)c1. The molecule has 7 nitrogen and oxygen atoms in total. The topological polar surface area (TPSA) is 89.2 Å². The molecule has 1 fully saturated rings. The van der Waals surface area contributed by atoms with E-state index in [1.807, 2.05) is 6.92 Å². The summed E-state index contributed by atoms with van der Waals surface area (Å²) >= 11 is 0. The van der Waals surface area contributed by atoms with Crippen LogP contribution in [-0.2, 0) is 9.59 Å². The molecule has 0 spiro atoms. The minimum atomic E-state index is -1.30. The predicted octanol–water partition coefficient (Wildman–Crippen LogP) is 4.98. The van der Waals surface area contributed by atoms with Gasteiger partial charge >= 0.3 is 0 Å². The Labute approximate surface area is 193 Å². The average molecular weight is 469 g/mol.